The Kier molecular flexibility index (Phi) is 12.2. The molecule has 0 saturated carbocycles. The molecule has 0 spiro atoms. The molecular weight excluding hydrogens is 527 g/mol. The molecule has 0 bridgehead atoms. The van der Waals surface area contributed by atoms with E-state index in [2.05, 4.69) is 0 Å². The number of benzene rings is 2. The van der Waals surface area contributed by atoms with Crippen LogP contribution in [0.1, 0.15) is 26.7 Å². The van der Waals surface area contributed by atoms with Crippen LogP contribution < -0.4 is 39.7 Å². The van der Waals surface area contributed by atoms with Gasteiger partial charge < -0.3 is 34.0 Å². The Bertz CT molecular complexity index is 599. The smallest absolute Gasteiger partial charge is 1.00 e. The number of halogens is 2. The number of nitrogens with zero attached hydrogens (tertiary/aromatic N) is 2. The van der Waals surface area contributed by atoms with Gasteiger partial charge in [-0.1, -0.05) is 0 Å². The first-order chi connectivity index (χ1) is 11.2. The van der Waals surface area contributed by atoms with Crippen LogP contribution in [0.5, 0.6) is 0 Å². The summed E-state index contributed by atoms with van der Waals surface area (Å²) < 4.78 is 3.65. The van der Waals surface area contributed by atoms with Crippen molar-refractivity contribution in [1.29, 1.82) is 0 Å². The Morgan fingerprint density at radius 1 is 0.720 bits per heavy atom. The van der Waals surface area contributed by atoms with Crippen LogP contribution in [0.3, 0.4) is 0 Å². The van der Waals surface area contributed by atoms with Crippen LogP contribution in [0.15, 0.2) is 60.7 Å². The molecule has 7 heteroatoms. The van der Waals surface area contributed by atoms with E-state index in [0.29, 0.717) is 12.8 Å². The molecule has 0 unspecified atom stereocenters. The fraction of sp³-hybridized carbons (Fsp3) is 0.222. The van der Waals surface area contributed by atoms with Gasteiger partial charge in [0.25, 0.3) is 0 Å². The van der Waals surface area contributed by atoms with E-state index in [1.807, 2.05) is 80.2 Å². The minimum Gasteiger partial charge on any atom is -1.00 e. The molecule has 0 N–H and O–H groups in total. The summed E-state index contributed by atoms with van der Waals surface area (Å²) in [6.07, 6.45) is 0.858. The van der Waals surface area contributed by atoms with Crippen molar-refractivity contribution in [2.24, 2.45) is 0 Å². The van der Waals surface area contributed by atoms with Crippen LogP contribution in [0, 0.1) is 0 Å². The van der Waals surface area contributed by atoms with E-state index in [1.165, 1.54) is 0 Å². The van der Waals surface area contributed by atoms with Gasteiger partial charge in [-0.15, -0.1) is 0 Å². The average Bonchev–Trinajstić information content (AvgIpc) is 2.63. The fourth-order valence-electron chi connectivity index (χ4n) is 2.09. The number of anilines is 2. The molecule has 0 radical (unpaired) electrons. The molecule has 2 amide bonds. The molecule has 0 fully saturated rings. The second-order valence-corrected chi connectivity index (χ2v) is 7.63. The molecule has 25 heavy (non-hydrogen) atoms. The number of hydrogen-bond acceptors (Lipinski definition) is 2. The quantitative estimate of drug-likeness (QED) is 0.412. The van der Waals surface area contributed by atoms with Gasteiger partial charge in [0, 0.05) is 0 Å². The summed E-state index contributed by atoms with van der Waals surface area (Å²) in [5.74, 6) is 0.125. The molecule has 2 aromatic rings. The molecular formula is C18H20Br2N2O2Zr. The molecule has 0 atom stereocenters. The van der Waals surface area contributed by atoms with Gasteiger partial charge in [0.1, 0.15) is 0 Å². The third-order valence-corrected chi connectivity index (χ3v) is 6.81. The van der Waals surface area contributed by atoms with E-state index in [4.69, 9.17) is 0 Å². The number of amides is 2. The molecule has 0 aliphatic heterocycles. The average molecular weight is 547 g/mol. The van der Waals surface area contributed by atoms with Gasteiger partial charge in [-0.05, 0) is 0 Å². The Hall–Kier alpha value is -0.777. The number of hydrogen-bond donors (Lipinski definition) is 0. The van der Waals surface area contributed by atoms with Gasteiger partial charge in [0.15, 0.2) is 0 Å². The molecule has 2 aromatic carbocycles. The summed E-state index contributed by atoms with van der Waals surface area (Å²) in [5, 5.41) is 0. The molecule has 0 saturated heterocycles. The Morgan fingerprint density at radius 2 is 1.04 bits per heavy atom. The molecule has 0 aliphatic rings. The van der Waals surface area contributed by atoms with E-state index < -0.39 is 23.8 Å². The summed E-state index contributed by atoms with van der Waals surface area (Å²) in [6, 6.07) is 19.2. The predicted molar refractivity (Wildman–Crippen MR) is 88.4 cm³/mol. The summed E-state index contributed by atoms with van der Waals surface area (Å²) in [4.78, 5) is 24.8. The van der Waals surface area contributed by atoms with Crippen molar-refractivity contribution in [1.82, 2.24) is 0 Å². The Labute approximate surface area is 182 Å². The third-order valence-electron chi connectivity index (χ3n) is 3.33. The van der Waals surface area contributed by atoms with E-state index in [9.17, 15) is 9.59 Å². The first-order valence-electron chi connectivity index (χ1n) is 7.69. The van der Waals surface area contributed by atoms with Crippen molar-refractivity contribution in [2.45, 2.75) is 26.7 Å². The number of rotatable bonds is 6. The van der Waals surface area contributed by atoms with E-state index in [-0.39, 0.29) is 45.8 Å². The molecule has 0 aliphatic carbocycles. The topological polar surface area (TPSA) is 40.6 Å². The zero-order valence-corrected chi connectivity index (χ0v) is 19.8. The molecule has 2 rings (SSSR count). The minimum absolute atomic E-state index is 0. The molecule has 0 heterocycles. The van der Waals surface area contributed by atoms with E-state index >= 15 is 0 Å². The zero-order chi connectivity index (χ0) is 16.7. The van der Waals surface area contributed by atoms with Gasteiger partial charge in [-0.3, -0.25) is 0 Å². The van der Waals surface area contributed by atoms with Crippen molar-refractivity contribution in [2.75, 3.05) is 5.69 Å². The number of carbonyl (C=O) groups is 2. The summed E-state index contributed by atoms with van der Waals surface area (Å²) in [5.41, 5.74) is 1.74. The van der Waals surface area contributed by atoms with Gasteiger partial charge in [0.2, 0.25) is 0 Å². The fourth-order valence-corrected chi connectivity index (χ4v) is 5.20. The van der Waals surface area contributed by atoms with E-state index in [1.54, 1.807) is 0 Å². The van der Waals surface area contributed by atoms with Crippen molar-refractivity contribution in [3.63, 3.8) is 0 Å². The first-order valence-corrected chi connectivity index (χ1v) is 9.89. The Morgan fingerprint density at radius 3 is 1.32 bits per heavy atom. The van der Waals surface area contributed by atoms with Gasteiger partial charge in [-0.2, -0.15) is 0 Å². The van der Waals surface area contributed by atoms with Gasteiger partial charge in [-0.25, -0.2) is 0 Å². The van der Waals surface area contributed by atoms with Gasteiger partial charge in [0.05, 0.1) is 0 Å². The van der Waals surface area contributed by atoms with Crippen LogP contribution in [-0.4, -0.2) is 11.8 Å². The monoisotopic (exact) mass is 544 g/mol. The maximum absolute atomic E-state index is 12.4. The second-order valence-electron chi connectivity index (χ2n) is 4.94. The third kappa shape index (κ3) is 6.80. The van der Waals surface area contributed by atoms with Crippen molar-refractivity contribution < 1.29 is 67.4 Å². The van der Waals surface area contributed by atoms with Crippen LogP contribution in [0.4, 0.5) is 11.4 Å². The molecule has 132 valence electrons. The first kappa shape index (κ1) is 24.2. The van der Waals surface area contributed by atoms with Crippen molar-refractivity contribution in [3.8, 4) is 0 Å². The SMILES string of the molecule is CCC(=O)[N]([Zr+2][N](C(=O)CC)c1ccccc1)c1ccccc1.[Br-].[Br-]. The second kappa shape index (κ2) is 12.6. The molecule has 4 nitrogen and oxygen atoms in total. The zero-order valence-electron chi connectivity index (χ0n) is 14.2. The standard InChI is InChI=1S/2C9H11NO.2BrH.Zr/c2*1-2-9(11)10-8-6-4-3-5-7-8;;;/h2*3-7H,2H2,1H3,(H,10,11);2*1H;/q;;;;+4/p-4. The predicted octanol–water partition coefficient (Wildman–Crippen LogP) is -2.21. The Balaban J connectivity index is 0.00000288. The summed E-state index contributed by atoms with van der Waals surface area (Å²) in [6.45, 7) is 3.71. The number of para-hydroxylation sites is 2. The van der Waals surface area contributed by atoms with E-state index in [0.717, 1.165) is 11.4 Å². The minimum atomic E-state index is -1.65. The van der Waals surface area contributed by atoms with Gasteiger partial charge >= 0.3 is 150 Å². The van der Waals surface area contributed by atoms with Crippen LogP contribution >= 0.6 is 0 Å². The largest absolute Gasteiger partial charge is 1.00 e. The van der Waals surface area contributed by atoms with Crippen molar-refractivity contribution >= 4 is 23.2 Å². The van der Waals surface area contributed by atoms with Crippen LogP contribution in [0.2, 0.25) is 0 Å². The summed E-state index contributed by atoms with van der Waals surface area (Å²) in [7, 11) is 0. The normalized spacial score (nSPS) is 9.04. The van der Waals surface area contributed by atoms with Crippen molar-refractivity contribution in [3.05, 3.63) is 60.7 Å². The molecule has 0 aromatic heterocycles. The number of carbonyl (C=O) groups excluding carboxylic acids is 2. The van der Waals surface area contributed by atoms with Crippen LogP contribution in [0.25, 0.3) is 0 Å². The van der Waals surface area contributed by atoms with Crippen LogP contribution in [-0.2, 0) is 33.4 Å². The maximum Gasteiger partial charge on any atom is -1.00 e. The summed E-state index contributed by atoms with van der Waals surface area (Å²) >= 11 is -1.65. The maximum atomic E-state index is 12.4.